The maximum atomic E-state index is 3.90. The van der Waals surface area contributed by atoms with Crippen molar-refractivity contribution in [1.29, 1.82) is 0 Å². The van der Waals surface area contributed by atoms with Crippen molar-refractivity contribution in [3.63, 3.8) is 0 Å². The summed E-state index contributed by atoms with van der Waals surface area (Å²) in [5.74, 6) is 0.959. The minimum atomic E-state index is 0.336. The first kappa shape index (κ1) is 16.0. The first-order valence-corrected chi connectivity index (χ1v) is 7.76. The fraction of sp³-hybridized carbons (Fsp3) is 1.00. The van der Waals surface area contributed by atoms with Gasteiger partial charge in [-0.25, -0.2) is 0 Å². The SMILES string of the molecule is CC[C@@H]1CCC[C@H](N[C@H](C)C(C)(C)CN(C)C)C1. The summed E-state index contributed by atoms with van der Waals surface area (Å²) in [5.41, 5.74) is 0.336. The number of nitrogens with one attached hydrogen (secondary N) is 1. The summed E-state index contributed by atoms with van der Waals surface area (Å²) in [7, 11) is 4.34. The minimum Gasteiger partial charge on any atom is -0.311 e. The molecule has 1 aliphatic rings. The molecule has 1 rings (SSSR count). The van der Waals surface area contributed by atoms with Gasteiger partial charge >= 0.3 is 0 Å². The van der Waals surface area contributed by atoms with Crippen molar-refractivity contribution in [2.45, 2.75) is 71.9 Å². The molecule has 1 fully saturated rings. The second-order valence-electron chi connectivity index (χ2n) is 7.25. The van der Waals surface area contributed by atoms with Gasteiger partial charge in [0.05, 0.1) is 0 Å². The van der Waals surface area contributed by atoms with Gasteiger partial charge in [0.25, 0.3) is 0 Å². The van der Waals surface area contributed by atoms with E-state index in [9.17, 15) is 0 Å². The molecule has 1 aliphatic carbocycles. The molecule has 0 bridgehead atoms. The molecule has 3 atom stereocenters. The molecule has 0 radical (unpaired) electrons. The van der Waals surface area contributed by atoms with E-state index in [0.29, 0.717) is 11.5 Å². The Morgan fingerprint density at radius 1 is 1.28 bits per heavy atom. The lowest BCUT2D eigenvalue weighted by molar-refractivity contribution is 0.157. The molecule has 2 nitrogen and oxygen atoms in total. The highest BCUT2D eigenvalue weighted by molar-refractivity contribution is 4.87. The third kappa shape index (κ3) is 4.89. The molecule has 0 aromatic rings. The summed E-state index contributed by atoms with van der Waals surface area (Å²) in [6.07, 6.45) is 6.98. The quantitative estimate of drug-likeness (QED) is 0.780. The fourth-order valence-corrected chi connectivity index (χ4v) is 3.34. The zero-order valence-corrected chi connectivity index (χ0v) is 13.4. The molecular formula is C16H34N2. The summed E-state index contributed by atoms with van der Waals surface area (Å²) < 4.78 is 0. The highest BCUT2D eigenvalue weighted by Crippen LogP contribution is 2.29. The van der Waals surface area contributed by atoms with E-state index in [1.54, 1.807) is 0 Å². The van der Waals surface area contributed by atoms with Gasteiger partial charge in [0, 0.05) is 18.6 Å². The van der Waals surface area contributed by atoms with Gasteiger partial charge in [0.2, 0.25) is 0 Å². The van der Waals surface area contributed by atoms with Crippen LogP contribution in [0.25, 0.3) is 0 Å². The van der Waals surface area contributed by atoms with Gasteiger partial charge in [-0.2, -0.15) is 0 Å². The molecule has 1 saturated carbocycles. The van der Waals surface area contributed by atoms with E-state index in [4.69, 9.17) is 0 Å². The van der Waals surface area contributed by atoms with Gasteiger partial charge in [-0.3, -0.25) is 0 Å². The van der Waals surface area contributed by atoms with Crippen LogP contribution in [0.3, 0.4) is 0 Å². The van der Waals surface area contributed by atoms with Crippen LogP contribution in [0.1, 0.15) is 59.8 Å². The Hall–Kier alpha value is -0.0800. The van der Waals surface area contributed by atoms with Crippen LogP contribution in [0.4, 0.5) is 0 Å². The first-order valence-electron chi connectivity index (χ1n) is 7.76. The summed E-state index contributed by atoms with van der Waals surface area (Å²) in [6.45, 7) is 10.6. The van der Waals surface area contributed by atoms with Gasteiger partial charge < -0.3 is 10.2 Å². The summed E-state index contributed by atoms with van der Waals surface area (Å²) in [4.78, 5) is 2.30. The molecule has 0 unspecified atom stereocenters. The predicted molar refractivity (Wildman–Crippen MR) is 81.0 cm³/mol. The van der Waals surface area contributed by atoms with Gasteiger partial charge in [-0.1, -0.05) is 40.0 Å². The van der Waals surface area contributed by atoms with E-state index < -0.39 is 0 Å². The van der Waals surface area contributed by atoms with Gasteiger partial charge in [0.1, 0.15) is 0 Å². The molecule has 0 amide bonds. The molecule has 1 N–H and O–H groups in total. The normalized spacial score (nSPS) is 27.5. The first-order chi connectivity index (χ1) is 8.35. The van der Waals surface area contributed by atoms with Gasteiger partial charge in [0.15, 0.2) is 0 Å². The number of rotatable bonds is 6. The van der Waals surface area contributed by atoms with Crippen LogP contribution in [-0.2, 0) is 0 Å². The molecule has 108 valence electrons. The lowest BCUT2D eigenvalue weighted by atomic mass is 9.81. The van der Waals surface area contributed by atoms with Crippen molar-refractivity contribution in [3.8, 4) is 0 Å². The van der Waals surface area contributed by atoms with E-state index >= 15 is 0 Å². The van der Waals surface area contributed by atoms with E-state index in [1.165, 1.54) is 32.1 Å². The fourth-order valence-electron chi connectivity index (χ4n) is 3.34. The lowest BCUT2D eigenvalue weighted by Gasteiger charge is -2.39. The number of hydrogen-bond acceptors (Lipinski definition) is 2. The Morgan fingerprint density at radius 2 is 1.94 bits per heavy atom. The molecule has 0 aromatic carbocycles. The van der Waals surface area contributed by atoms with Crippen molar-refractivity contribution in [3.05, 3.63) is 0 Å². The maximum Gasteiger partial charge on any atom is 0.0105 e. The lowest BCUT2D eigenvalue weighted by Crippen LogP contribution is -2.50. The van der Waals surface area contributed by atoms with Crippen molar-refractivity contribution >= 4 is 0 Å². The monoisotopic (exact) mass is 254 g/mol. The second-order valence-corrected chi connectivity index (χ2v) is 7.25. The number of nitrogens with zero attached hydrogens (tertiary/aromatic N) is 1. The third-order valence-corrected chi connectivity index (χ3v) is 4.74. The highest BCUT2D eigenvalue weighted by Gasteiger charge is 2.29. The van der Waals surface area contributed by atoms with Crippen LogP contribution >= 0.6 is 0 Å². The van der Waals surface area contributed by atoms with Crippen molar-refractivity contribution < 1.29 is 0 Å². The molecule has 0 heterocycles. The van der Waals surface area contributed by atoms with Gasteiger partial charge in [-0.05, 0) is 45.2 Å². The van der Waals surface area contributed by atoms with Crippen molar-refractivity contribution in [2.24, 2.45) is 11.3 Å². The Kier molecular flexibility index (Phi) is 6.13. The zero-order valence-electron chi connectivity index (χ0n) is 13.4. The Bertz CT molecular complexity index is 235. The standard InChI is InChI=1S/C16H34N2/c1-7-14-9-8-10-15(11-14)17-13(2)16(3,4)12-18(5)6/h13-15,17H,7-12H2,1-6H3/t13-,14-,15+/m1/s1. The van der Waals surface area contributed by atoms with Crippen molar-refractivity contribution in [1.82, 2.24) is 10.2 Å². The molecule has 0 spiro atoms. The van der Waals surface area contributed by atoms with Crippen LogP contribution in [0.5, 0.6) is 0 Å². The smallest absolute Gasteiger partial charge is 0.0105 e. The van der Waals surface area contributed by atoms with Crippen molar-refractivity contribution in [2.75, 3.05) is 20.6 Å². The molecular weight excluding hydrogens is 220 g/mol. The second kappa shape index (κ2) is 6.91. The van der Waals surface area contributed by atoms with Crippen LogP contribution in [0.2, 0.25) is 0 Å². The van der Waals surface area contributed by atoms with Crippen LogP contribution < -0.4 is 5.32 Å². The van der Waals surface area contributed by atoms with Gasteiger partial charge in [-0.15, -0.1) is 0 Å². The summed E-state index contributed by atoms with van der Waals surface area (Å²) >= 11 is 0. The van der Waals surface area contributed by atoms with E-state index in [-0.39, 0.29) is 0 Å². The predicted octanol–water partition coefficient (Wildman–Crippen LogP) is 3.52. The molecule has 0 aliphatic heterocycles. The van der Waals surface area contributed by atoms with Crippen LogP contribution in [-0.4, -0.2) is 37.6 Å². The topological polar surface area (TPSA) is 15.3 Å². The highest BCUT2D eigenvalue weighted by atomic mass is 15.1. The third-order valence-electron chi connectivity index (χ3n) is 4.74. The average Bonchev–Trinajstić information content (AvgIpc) is 2.27. The summed E-state index contributed by atoms with van der Waals surface area (Å²) in [5, 5.41) is 3.90. The maximum absolute atomic E-state index is 3.90. The van der Waals surface area contributed by atoms with E-state index in [2.05, 4.69) is 52.0 Å². The Labute approximate surface area is 115 Å². The summed E-state index contributed by atoms with van der Waals surface area (Å²) in [6, 6.07) is 1.33. The molecule has 18 heavy (non-hydrogen) atoms. The van der Waals surface area contributed by atoms with Crippen LogP contribution in [0.15, 0.2) is 0 Å². The largest absolute Gasteiger partial charge is 0.311 e. The molecule has 0 aromatic heterocycles. The van der Waals surface area contributed by atoms with E-state index in [1.807, 2.05) is 0 Å². The van der Waals surface area contributed by atoms with Crippen LogP contribution in [0, 0.1) is 11.3 Å². The Balaban J connectivity index is 2.45. The Morgan fingerprint density at radius 3 is 2.50 bits per heavy atom. The zero-order chi connectivity index (χ0) is 13.8. The molecule has 2 heteroatoms. The molecule has 0 saturated heterocycles. The average molecular weight is 254 g/mol. The van der Waals surface area contributed by atoms with E-state index in [0.717, 1.165) is 18.5 Å². The minimum absolute atomic E-state index is 0.336. The number of hydrogen-bond donors (Lipinski definition) is 1.